The predicted octanol–water partition coefficient (Wildman–Crippen LogP) is 3.43. The van der Waals surface area contributed by atoms with Gasteiger partial charge in [0.2, 0.25) is 0 Å². The maximum absolute atomic E-state index is 5.81. The second-order valence-corrected chi connectivity index (χ2v) is 5.10. The van der Waals surface area contributed by atoms with Gasteiger partial charge in [0.15, 0.2) is 0 Å². The molecule has 0 fully saturated rings. The van der Waals surface area contributed by atoms with Crippen LogP contribution in [-0.2, 0) is 0 Å². The van der Waals surface area contributed by atoms with Gasteiger partial charge in [0.05, 0.1) is 0 Å². The summed E-state index contributed by atoms with van der Waals surface area (Å²) in [5.41, 5.74) is 6.28. The Morgan fingerprint density at radius 1 is 1.23 bits per heavy atom. The highest BCUT2D eigenvalue weighted by atomic mass is 14.6. The summed E-state index contributed by atoms with van der Waals surface area (Å²) in [5.74, 6) is 1.48. The number of nitrogens with two attached hydrogens (primary N) is 1. The Bertz CT molecular complexity index is 129. The van der Waals surface area contributed by atoms with Gasteiger partial charge < -0.3 is 5.73 Å². The van der Waals surface area contributed by atoms with Crippen molar-refractivity contribution in [3.8, 4) is 0 Å². The van der Waals surface area contributed by atoms with Crippen LogP contribution in [0.5, 0.6) is 0 Å². The van der Waals surface area contributed by atoms with E-state index in [1.165, 1.54) is 19.3 Å². The molecule has 1 unspecified atom stereocenters. The molecule has 0 bridgehead atoms. The largest absolute Gasteiger partial charge is 0.330 e. The van der Waals surface area contributed by atoms with Crippen molar-refractivity contribution in [2.45, 2.75) is 53.9 Å². The summed E-state index contributed by atoms with van der Waals surface area (Å²) in [4.78, 5) is 0. The molecule has 0 aromatic rings. The van der Waals surface area contributed by atoms with Crippen molar-refractivity contribution in [3.05, 3.63) is 0 Å². The van der Waals surface area contributed by atoms with E-state index in [0.717, 1.165) is 12.5 Å². The van der Waals surface area contributed by atoms with Gasteiger partial charge in [0.25, 0.3) is 0 Å². The molecule has 0 saturated heterocycles. The minimum Gasteiger partial charge on any atom is -0.330 e. The summed E-state index contributed by atoms with van der Waals surface area (Å²) >= 11 is 0. The Labute approximate surface area is 84.1 Å². The molecule has 1 nitrogen and oxygen atoms in total. The molecule has 0 saturated carbocycles. The highest BCUT2D eigenvalue weighted by molar-refractivity contribution is 4.75. The zero-order chi connectivity index (χ0) is 10.5. The lowest BCUT2D eigenvalue weighted by Crippen LogP contribution is -2.27. The van der Waals surface area contributed by atoms with Crippen LogP contribution < -0.4 is 5.73 Å². The summed E-state index contributed by atoms with van der Waals surface area (Å²) in [5, 5.41) is 0. The Kier molecular flexibility index (Phi) is 5.62. The molecular formula is C12H27N. The molecule has 0 heterocycles. The van der Waals surface area contributed by atoms with E-state index in [2.05, 4.69) is 34.6 Å². The van der Waals surface area contributed by atoms with Crippen molar-refractivity contribution in [3.63, 3.8) is 0 Å². The minimum atomic E-state index is 0.466. The molecule has 1 heteroatoms. The van der Waals surface area contributed by atoms with Crippen molar-refractivity contribution in [2.24, 2.45) is 23.0 Å². The average molecular weight is 185 g/mol. The number of hydrogen-bond donors (Lipinski definition) is 1. The van der Waals surface area contributed by atoms with Crippen molar-refractivity contribution in [1.29, 1.82) is 0 Å². The monoisotopic (exact) mass is 185 g/mol. The lowest BCUT2D eigenvalue weighted by atomic mass is 9.76. The maximum Gasteiger partial charge on any atom is -0.00461 e. The Morgan fingerprint density at radius 3 is 2.08 bits per heavy atom. The zero-order valence-electron chi connectivity index (χ0n) is 10.1. The van der Waals surface area contributed by atoms with Crippen LogP contribution in [0.25, 0.3) is 0 Å². The highest BCUT2D eigenvalue weighted by Crippen LogP contribution is 2.32. The molecule has 13 heavy (non-hydrogen) atoms. The first-order chi connectivity index (χ1) is 5.96. The van der Waals surface area contributed by atoms with E-state index in [1.807, 2.05) is 0 Å². The van der Waals surface area contributed by atoms with Gasteiger partial charge in [-0.05, 0) is 30.2 Å². The minimum absolute atomic E-state index is 0.466. The maximum atomic E-state index is 5.81. The van der Waals surface area contributed by atoms with Crippen molar-refractivity contribution in [2.75, 3.05) is 6.54 Å². The van der Waals surface area contributed by atoms with Gasteiger partial charge in [0, 0.05) is 0 Å². The van der Waals surface area contributed by atoms with Crippen LogP contribution in [0.1, 0.15) is 53.9 Å². The summed E-state index contributed by atoms with van der Waals surface area (Å²) in [6, 6.07) is 0. The van der Waals surface area contributed by atoms with Gasteiger partial charge >= 0.3 is 0 Å². The second-order valence-electron chi connectivity index (χ2n) is 5.10. The molecule has 0 aliphatic rings. The lowest BCUT2D eigenvalue weighted by molar-refractivity contribution is 0.210. The van der Waals surface area contributed by atoms with Gasteiger partial charge in [-0.25, -0.2) is 0 Å². The van der Waals surface area contributed by atoms with Crippen LogP contribution in [0, 0.1) is 17.3 Å². The first kappa shape index (κ1) is 13.0. The first-order valence-corrected chi connectivity index (χ1v) is 5.66. The van der Waals surface area contributed by atoms with Crippen LogP contribution in [0.3, 0.4) is 0 Å². The van der Waals surface area contributed by atoms with Crippen LogP contribution in [-0.4, -0.2) is 6.54 Å². The average Bonchev–Trinajstić information content (AvgIpc) is 2.13. The van der Waals surface area contributed by atoms with Gasteiger partial charge in [-0.3, -0.25) is 0 Å². The fourth-order valence-corrected chi connectivity index (χ4v) is 1.70. The lowest BCUT2D eigenvalue weighted by Gasteiger charge is -2.31. The zero-order valence-corrected chi connectivity index (χ0v) is 10.1. The molecule has 0 spiro atoms. The molecule has 0 aromatic carbocycles. The molecule has 2 atom stereocenters. The van der Waals surface area contributed by atoms with Crippen molar-refractivity contribution in [1.82, 2.24) is 0 Å². The number of hydrogen-bond acceptors (Lipinski definition) is 1. The van der Waals surface area contributed by atoms with Gasteiger partial charge in [-0.15, -0.1) is 0 Å². The SMILES string of the molecule is CC[C@@H](C)C(CN)CC(C)(C)CC. The fraction of sp³-hybridized carbons (Fsp3) is 1.00. The molecule has 0 aromatic heterocycles. The summed E-state index contributed by atoms with van der Waals surface area (Å²) in [6.45, 7) is 12.4. The summed E-state index contributed by atoms with van der Waals surface area (Å²) < 4.78 is 0. The molecule has 0 aliphatic carbocycles. The molecule has 0 amide bonds. The smallest absolute Gasteiger partial charge is 0.00461 e. The summed E-state index contributed by atoms with van der Waals surface area (Å²) in [7, 11) is 0. The molecule has 2 N–H and O–H groups in total. The van der Waals surface area contributed by atoms with Crippen LogP contribution in [0.2, 0.25) is 0 Å². The van der Waals surface area contributed by atoms with E-state index >= 15 is 0 Å². The van der Waals surface area contributed by atoms with Crippen molar-refractivity contribution < 1.29 is 0 Å². The highest BCUT2D eigenvalue weighted by Gasteiger charge is 2.23. The molecule has 0 aliphatic heterocycles. The Balaban J connectivity index is 4.11. The predicted molar refractivity (Wildman–Crippen MR) is 60.7 cm³/mol. The van der Waals surface area contributed by atoms with Gasteiger partial charge in [-0.1, -0.05) is 47.5 Å². The molecule has 0 radical (unpaired) electrons. The second kappa shape index (κ2) is 5.64. The van der Waals surface area contributed by atoms with Crippen molar-refractivity contribution >= 4 is 0 Å². The Morgan fingerprint density at radius 2 is 1.77 bits per heavy atom. The van der Waals surface area contributed by atoms with Crippen LogP contribution in [0.4, 0.5) is 0 Å². The normalized spacial score (nSPS) is 17.1. The number of rotatable bonds is 6. The quantitative estimate of drug-likeness (QED) is 0.674. The van der Waals surface area contributed by atoms with E-state index in [1.54, 1.807) is 0 Å². The summed E-state index contributed by atoms with van der Waals surface area (Å²) in [6.07, 6.45) is 3.77. The Hall–Kier alpha value is -0.0400. The molecule has 80 valence electrons. The molecule has 0 rings (SSSR count). The standard InChI is InChI=1S/C12H27N/c1-6-10(3)11(9-13)8-12(4,5)7-2/h10-11H,6-9,13H2,1-5H3/t10-,11?/m1/s1. The third-order valence-electron chi connectivity index (χ3n) is 3.52. The van der Waals surface area contributed by atoms with Crippen LogP contribution >= 0.6 is 0 Å². The van der Waals surface area contributed by atoms with Gasteiger partial charge in [0.1, 0.15) is 0 Å². The molecular weight excluding hydrogens is 158 g/mol. The third-order valence-corrected chi connectivity index (χ3v) is 3.52. The van der Waals surface area contributed by atoms with E-state index in [4.69, 9.17) is 5.73 Å². The van der Waals surface area contributed by atoms with Crippen LogP contribution in [0.15, 0.2) is 0 Å². The fourth-order valence-electron chi connectivity index (χ4n) is 1.70. The van der Waals surface area contributed by atoms with E-state index in [9.17, 15) is 0 Å². The third kappa shape index (κ3) is 4.66. The first-order valence-electron chi connectivity index (χ1n) is 5.66. The van der Waals surface area contributed by atoms with E-state index in [0.29, 0.717) is 11.3 Å². The van der Waals surface area contributed by atoms with Gasteiger partial charge in [-0.2, -0.15) is 0 Å². The van der Waals surface area contributed by atoms with E-state index in [-0.39, 0.29) is 0 Å². The topological polar surface area (TPSA) is 26.0 Å². The van der Waals surface area contributed by atoms with E-state index < -0.39 is 0 Å².